The van der Waals surface area contributed by atoms with Crippen LogP contribution in [0.3, 0.4) is 0 Å². The molecule has 1 saturated heterocycles. The number of hydrogen-bond donors (Lipinski definition) is 1. The van der Waals surface area contributed by atoms with Crippen LogP contribution in [-0.2, 0) is 17.4 Å². The Balaban J connectivity index is 1.19. The van der Waals surface area contributed by atoms with E-state index in [4.69, 9.17) is 11.6 Å². The van der Waals surface area contributed by atoms with E-state index in [1.807, 2.05) is 44.2 Å². The lowest BCUT2D eigenvalue weighted by Crippen LogP contribution is -2.32. The molecule has 5 rings (SSSR count). The second-order valence-corrected chi connectivity index (χ2v) is 11.4. The fourth-order valence-corrected chi connectivity index (χ4v) is 5.49. The van der Waals surface area contributed by atoms with Crippen LogP contribution in [0.15, 0.2) is 78.0 Å². The molecule has 1 aliphatic heterocycles. The van der Waals surface area contributed by atoms with Crippen molar-refractivity contribution in [2.24, 2.45) is 4.99 Å². The van der Waals surface area contributed by atoms with Crippen LogP contribution in [0.4, 0.5) is 23.7 Å². The maximum atomic E-state index is 12.8. The number of nitrogens with zero attached hydrogens (tertiary/aromatic N) is 5. The molecule has 0 unspecified atom stereocenters. The molecule has 1 aliphatic rings. The smallest absolute Gasteiger partial charge is 0.336 e. The van der Waals surface area contributed by atoms with Gasteiger partial charge >= 0.3 is 12.2 Å². The standard InChI is InChI=1S/C30H26ClF3N6O2S/c1-18(2)24-12-9-22(31)15-25(24)40-26(41)16-43-29(40)37-28(42)35-14-13-19-3-5-20(6-4-19)27-36-17-39(38-27)23-10-7-21(8-11-23)30(32,33)34/h3-12,15,17-18H,13-14,16H2,1-2H3,(H,35,42). The molecule has 0 spiro atoms. The van der Waals surface area contributed by atoms with Crippen molar-refractivity contribution in [2.75, 3.05) is 17.2 Å². The maximum absolute atomic E-state index is 12.8. The maximum Gasteiger partial charge on any atom is 0.416 e. The summed E-state index contributed by atoms with van der Waals surface area (Å²) in [6.07, 6.45) is -2.43. The van der Waals surface area contributed by atoms with E-state index in [1.165, 1.54) is 39.8 Å². The van der Waals surface area contributed by atoms with Crippen LogP contribution in [0, 0.1) is 0 Å². The van der Waals surface area contributed by atoms with Crippen molar-refractivity contribution < 1.29 is 22.8 Å². The number of anilines is 1. The number of carbonyl (C=O) groups is 2. The molecule has 0 saturated carbocycles. The topological polar surface area (TPSA) is 92.5 Å². The molecule has 0 radical (unpaired) electrons. The van der Waals surface area contributed by atoms with Gasteiger partial charge in [-0.3, -0.25) is 9.69 Å². The monoisotopic (exact) mass is 626 g/mol. The fraction of sp³-hybridized carbons (Fsp3) is 0.233. The second-order valence-electron chi connectivity index (χ2n) is 10.0. The lowest BCUT2D eigenvalue weighted by molar-refractivity contribution is -0.137. The molecule has 1 fully saturated rings. The first-order chi connectivity index (χ1) is 20.5. The average Bonchev–Trinajstić information content (AvgIpc) is 3.60. The van der Waals surface area contributed by atoms with Gasteiger partial charge in [-0.1, -0.05) is 67.5 Å². The van der Waals surface area contributed by atoms with E-state index in [2.05, 4.69) is 20.4 Å². The van der Waals surface area contributed by atoms with Crippen LogP contribution in [0.5, 0.6) is 0 Å². The molecule has 0 atom stereocenters. The van der Waals surface area contributed by atoms with Crippen LogP contribution in [0.1, 0.15) is 36.5 Å². The van der Waals surface area contributed by atoms with E-state index < -0.39 is 17.8 Å². The van der Waals surface area contributed by atoms with E-state index in [0.29, 0.717) is 40.4 Å². The lowest BCUT2D eigenvalue weighted by Gasteiger charge is -2.21. The van der Waals surface area contributed by atoms with Gasteiger partial charge < -0.3 is 5.32 Å². The van der Waals surface area contributed by atoms with Gasteiger partial charge in [0.05, 0.1) is 22.7 Å². The number of aromatic nitrogens is 3. The molecule has 8 nitrogen and oxygen atoms in total. The van der Waals surface area contributed by atoms with Gasteiger partial charge in [-0.15, -0.1) is 5.10 Å². The number of halogens is 4. The van der Waals surface area contributed by atoms with E-state index >= 15 is 0 Å². The summed E-state index contributed by atoms with van der Waals surface area (Å²) in [6.45, 7) is 4.36. The van der Waals surface area contributed by atoms with Crippen LogP contribution < -0.4 is 10.2 Å². The summed E-state index contributed by atoms with van der Waals surface area (Å²) in [6, 6.07) is 16.9. The van der Waals surface area contributed by atoms with Gasteiger partial charge in [0.2, 0.25) is 5.91 Å². The van der Waals surface area contributed by atoms with Gasteiger partial charge in [-0.25, -0.2) is 14.5 Å². The molecule has 43 heavy (non-hydrogen) atoms. The average molecular weight is 627 g/mol. The molecule has 3 amide bonds. The first-order valence-corrected chi connectivity index (χ1v) is 14.7. The number of amidine groups is 1. The van der Waals surface area contributed by atoms with Crippen molar-refractivity contribution >= 4 is 46.2 Å². The van der Waals surface area contributed by atoms with Gasteiger partial charge in [0.1, 0.15) is 6.33 Å². The summed E-state index contributed by atoms with van der Waals surface area (Å²) < 4.78 is 39.9. The Morgan fingerprint density at radius 2 is 1.81 bits per heavy atom. The highest BCUT2D eigenvalue weighted by Crippen LogP contribution is 2.35. The highest BCUT2D eigenvalue weighted by molar-refractivity contribution is 8.15. The first-order valence-electron chi connectivity index (χ1n) is 13.3. The van der Waals surface area contributed by atoms with Crippen LogP contribution in [0.25, 0.3) is 17.1 Å². The molecular weight excluding hydrogens is 601 g/mol. The molecule has 0 aliphatic carbocycles. The van der Waals surface area contributed by atoms with Crippen LogP contribution in [-0.4, -0.2) is 44.2 Å². The zero-order chi connectivity index (χ0) is 30.7. The van der Waals surface area contributed by atoms with E-state index in [1.54, 1.807) is 12.1 Å². The Bertz CT molecular complexity index is 1670. The van der Waals surface area contributed by atoms with Crippen molar-refractivity contribution in [1.29, 1.82) is 0 Å². The molecule has 3 aromatic carbocycles. The normalized spacial score (nSPS) is 14.6. The molecule has 2 heterocycles. The van der Waals surface area contributed by atoms with Crippen LogP contribution in [0.2, 0.25) is 5.02 Å². The third kappa shape index (κ3) is 7.08. The summed E-state index contributed by atoms with van der Waals surface area (Å²) in [5, 5.41) is 7.94. The number of rotatable bonds is 7. The number of amides is 3. The third-order valence-electron chi connectivity index (χ3n) is 6.67. The first kappa shape index (κ1) is 30.3. The highest BCUT2D eigenvalue weighted by Gasteiger charge is 2.33. The van der Waals surface area contributed by atoms with E-state index in [9.17, 15) is 22.8 Å². The predicted molar refractivity (Wildman–Crippen MR) is 162 cm³/mol. The molecule has 222 valence electrons. The number of urea groups is 1. The van der Waals surface area contributed by atoms with Gasteiger partial charge in [0.25, 0.3) is 0 Å². The minimum Gasteiger partial charge on any atom is -0.336 e. The SMILES string of the molecule is CC(C)c1ccc(Cl)cc1N1C(=O)CSC1=NC(=O)NCCc1ccc(-c2ncn(-c3ccc(C(F)(F)F)cc3)n2)cc1. The van der Waals surface area contributed by atoms with Gasteiger partial charge in [-0.2, -0.15) is 18.2 Å². The molecular formula is C30H26ClF3N6O2S. The summed E-state index contributed by atoms with van der Waals surface area (Å²) in [7, 11) is 0. The molecule has 0 bridgehead atoms. The van der Waals surface area contributed by atoms with Gasteiger partial charge in [0.15, 0.2) is 11.0 Å². The van der Waals surface area contributed by atoms with Crippen molar-refractivity contribution in [1.82, 2.24) is 20.1 Å². The Morgan fingerprint density at radius 3 is 2.49 bits per heavy atom. The number of nitrogens with one attached hydrogen (secondary N) is 1. The number of benzene rings is 3. The largest absolute Gasteiger partial charge is 0.416 e. The summed E-state index contributed by atoms with van der Waals surface area (Å²) in [4.78, 5) is 35.2. The Hall–Kier alpha value is -4.16. The number of alkyl halides is 3. The second kappa shape index (κ2) is 12.6. The number of hydrogen-bond acceptors (Lipinski definition) is 5. The molecule has 1 aromatic heterocycles. The Kier molecular flexibility index (Phi) is 8.88. The predicted octanol–water partition coefficient (Wildman–Crippen LogP) is 7.12. The summed E-state index contributed by atoms with van der Waals surface area (Å²) in [5.41, 5.74) is 2.96. The number of aliphatic imine (C=N–C) groups is 1. The van der Waals surface area contributed by atoms with Crippen molar-refractivity contribution in [2.45, 2.75) is 32.4 Å². The number of thioether (sulfide) groups is 1. The van der Waals surface area contributed by atoms with Crippen molar-refractivity contribution in [3.63, 3.8) is 0 Å². The fourth-order valence-electron chi connectivity index (χ4n) is 4.46. The van der Waals surface area contributed by atoms with Gasteiger partial charge in [-0.05, 0) is 59.9 Å². The minimum absolute atomic E-state index is 0.137. The Morgan fingerprint density at radius 1 is 1.09 bits per heavy atom. The molecule has 1 N–H and O–H groups in total. The van der Waals surface area contributed by atoms with Gasteiger partial charge in [0, 0.05) is 17.1 Å². The summed E-state index contributed by atoms with van der Waals surface area (Å²) >= 11 is 7.42. The lowest BCUT2D eigenvalue weighted by atomic mass is 10.0. The molecule has 13 heteroatoms. The molecule has 4 aromatic rings. The minimum atomic E-state index is -4.41. The quantitative estimate of drug-likeness (QED) is 0.236. The van der Waals surface area contributed by atoms with Crippen molar-refractivity contribution in [3.8, 4) is 17.1 Å². The van der Waals surface area contributed by atoms with Crippen molar-refractivity contribution in [3.05, 3.63) is 94.8 Å². The zero-order valence-electron chi connectivity index (χ0n) is 23.1. The van der Waals surface area contributed by atoms with E-state index in [-0.39, 0.29) is 17.6 Å². The third-order valence-corrected chi connectivity index (χ3v) is 7.83. The number of carbonyl (C=O) groups excluding carboxylic acids is 2. The summed E-state index contributed by atoms with van der Waals surface area (Å²) in [5.74, 6) is 0.571. The zero-order valence-corrected chi connectivity index (χ0v) is 24.7. The van der Waals surface area contributed by atoms with E-state index in [0.717, 1.165) is 28.8 Å². The highest BCUT2D eigenvalue weighted by atomic mass is 35.5. The van der Waals surface area contributed by atoms with Crippen LogP contribution >= 0.6 is 23.4 Å². The Labute approximate surface area is 255 Å².